The minimum atomic E-state index is -3.61. The highest BCUT2D eigenvalue weighted by molar-refractivity contribution is 7.89. The van der Waals surface area contributed by atoms with Crippen molar-refractivity contribution in [2.45, 2.75) is 43.7 Å². The summed E-state index contributed by atoms with van der Waals surface area (Å²) in [5, 5.41) is 3.81. The third kappa shape index (κ3) is 3.10. The van der Waals surface area contributed by atoms with Crippen LogP contribution in [0.25, 0.3) is 11.1 Å². The molecule has 1 aliphatic carbocycles. The van der Waals surface area contributed by atoms with Crippen molar-refractivity contribution in [2.75, 3.05) is 0 Å². The van der Waals surface area contributed by atoms with Crippen LogP contribution in [-0.2, 0) is 23.0 Å². The summed E-state index contributed by atoms with van der Waals surface area (Å²) in [7, 11) is -3.61. The normalized spacial score (nSPS) is 15.1. The molecule has 0 radical (unpaired) electrons. The molecule has 4 rings (SSSR count). The molecule has 0 saturated heterocycles. The van der Waals surface area contributed by atoms with E-state index in [-0.39, 0.29) is 23.1 Å². The molecule has 3 aromatic rings. The number of fused-ring (bicyclic) bond motifs is 1. The van der Waals surface area contributed by atoms with Crippen LogP contribution in [0.1, 0.15) is 31.5 Å². The maximum Gasteiger partial charge on any atom is 0.420 e. The van der Waals surface area contributed by atoms with E-state index >= 15 is 0 Å². The Hall–Kier alpha value is -2.46. The molecular weight excluding hydrogens is 348 g/mol. The third-order valence-corrected chi connectivity index (χ3v) is 5.48. The van der Waals surface area contributed by atoms with Crippen LogP contribution in [0.2, 0.25) is 0 Å². The second kappa shape index (κ2) is 5.81. The van der Waals surface area contributed by atoms with E-state index in [0.29, 0.717) is 23.7 Å². The lowest BCUT2D eigenvalue weighted by Crippen LogP contribution is -2.25. The van der Waals surface area contributed by atoms with Crippen molar-refractivity contribution in [3.63, 3.8) is 0 Å². The van der Waals surface area contributed by atoms with E-state index in [1.165, 1.54) is 16.7 Å². The molecule has 0 atom stereocenters. The fourth-order valence-electron chi connectivity index (χ4n) is 2.49. The summed E-state index contributed by atoms with van der Waals surface area (Å²) in [5.74, 6) is 0.228. The summed E-state index contributed by atoms with van der Waals surface area (Å²) in [5.41, 5.74) is 0.668. The zero-order chi connectivity index (χ0) is 17.6. The van der Waals surface area contributed by atoms with Gasteiger partial charge in [-0.2, -0.15) is 4.98 Å². The highest BCUT2D eigenvalue weighted by atomic mass is 32.2. The predicted octanol–water partition coefficient (Wildman–Crippen LogP) is 1.03. The van der Waals surface area contributed by atoms with Gasteiger partial charge in [0.25, 0.3) is 0 Å². The van der Waals surface area contributed by atoms with Gasteiger partial charge in [0.05, 0.1) is 17.0 Å². The summed E-state index contributed by atoms with van der Waals surface area (Å²) in [6.07, 6.45) is 2.29. The standard InChI is InChI=1S/C15H16N4O5S/c1-2-14-16-13(17-24-14)8-19-11-6-5-10(7-12(11)23-15(19)20)25(21,22)18-9-3-4-9/h5-7,9,18H,2-4,8H2,1H3. The van der Waals surface area contributed by atoms with Crippen LogP contribution in [0.4, 0.5) is 0 Å². The van der Waals surface area contributed by atoms with Gasteiger partial charge in [-0.25, -0.2) is 17.9 Å². The zero-order valence-corrected chi connectivity index (χ0v) is 14.2. The first-order chi connectivity index (χ1) is 12.0. The lowest BCUT2D eigenvalue weighted by Gasteiger charge is -2.05. The van der Waals surface area contributed by atoms with Crippen LogP contribution < -0.4 is 10.5 Å². The van der Waals surface area contributed by atoms with Gasteiger partial charge in [-0.1, -0.05) is 12.1 Å². The Labute approximate surface area is 142 Å². The van der Waals surface area contributed by atoms with E-state index in [9.17, 15) is 13.2 Å². The van der Waals surface area contributed by atoms with Gasteiger partial charge in [-0.15, -0.1) is 0 Å². The number of sulfonamides is 1. The molecular formula is C15H16N4O5S. The van der Waals surface area contributed by atoms with E-state index in [1.807, 2.05) is 6.92 Å². The largest absolute Gasteiger partial charge is 0.420 e. The Morgan fingerprint density at radius 2 is 2.16 bits per heavy atom. The first kappa shape index (κ1) is 16.0. The van der Waals surface area contributed by atoms with Crippen LogP contribution in [0, 0.1) is 0 Å². The highest BCUT2D eigenvalue weighted by Gasteiger charge is 2.28. The maximum atomic E-state index is 12.3. The number of aryl methyl sites for hydroxylation is 1. The van der Waals surface area contributed by atoms with Crippen molar-refractivity contribution in [1.29, 1.82) is 0 Å². The topological polar surface area (TPSA) is 120 Å². The van der Waals surface area contributed by atoms with Gasteiger partial charge in [0.2, 0.25) is 15.9 Å². The summed E-state index contributed by atoms with van der Waals surface area (Å²) in [6, 6.07) is 4.35. The van der Waals surface area contributed by atoms with Gasteiger partial charge in [0.15, 0.2) is 11.4 Å². The average molecular weight is 364 g/mol. The highest BCUT2D eigenvalue weighted by Crippen LogP contribution is 2.24. The minimum absolute atomic E-state index is 0.00306. The van der Waals surface area contributed by atoms with Gasteiger partial charge in [-0.05, 0) is 25.0 Å². The van der Waals surface area contributed by atoms with Crippen molar-refractivity contribution in [2.24, 2.45) is 0 Å². The smallest absolute Gasteiger partial charge is 0.408 e. The molecule has 2 heterocycles. The fourth-order valence-corrected chi connectivity index (χ4v) is 3.81. The first-order valence-electron chi connectivity index (χ1n) is 7.93. The van der Waals surface area contributed by atoms with Crippen molar-refractivity contribution >= 4 is 21.1 Å². The maximum absolute atomic E-state index is 12.3. The minimum Gasteiger partial charge on any atom is -0.408 e. The molecule has 2 aromatic heterocycles. The van der Waals surface area contributed by atoms with E-state index in [2.05, 4.69) is 14.9 Å². The summed E-state index contributed by atoms with van der Waals surface area (Å²) in [4.78, 5) is 16.3. The van der Waals surface area contributed by atoms with Crippen LogP contribution >= 0.6 is 0 Å². The third-order valence-electron chi connectivity index (χ3n) is 3.96. The number of oxazole rings is 1. The lowest BCUT2D eigenvalue weighted by molar-refractivity contribution is 0.375. The molecule has 10 heteroatoms. The SMILES string of the molecule is CCc1nc(Cn2c(=O)oc3cc(S(=O)(=O)NC4CC4)ccc32)no1. The Balaban J connectivity index is 1.69. The van der Waals surface area contributed by atoms with Gasteiger partial charge in [-0.3, -0.25) is 4.57 Å². The Morgan fingerprint density at radius 1 is 1.36 bits per heavy atom. The molecule has 132 valence electrons. The Kier molecular flexibility index (Phi) is 3.73. The number of nitrogens with zero attached hydrogens (tertiary/aromatic N) is 3. The number of aromatic nitrogens is 3. The number of hydrogen-bond acceptors (Lipinski definition) is 7. The molecule has 1 saturated carbocycles. The van der Waals surface area contributed by atoms with Gasteiger partial charge in [0, 0.05) is 18.5 Å². The Morgan fingerprint density at radius 3 is 2.84 bits per heavy atom. The quantitative estimate of drug-likeness (QED) is 0.693. The number of hydrogen-bond donors (Lipinski definition) is 1. The number of nitrogens with one attached hydrogen (secondary N) is 1. The van der Waals surface area contributed by atoms with Crippen molar-refractivity contribution in [3.05, 3.63) is 40.5 Å². The first-order valence-corrected chi connectivity index (χ1v) is 9.42. The van der Waals surface area contributed by atoms with Crippen LogP contribution in [0.15, 0.2) is 36.8 Å². The molecule has 0 spiro atoms. The summed E-state index contributed by atoms with van der Waals surface area (Å²) >= 11 is 0. The predicted molar refractivity (Wildman–Crippen MR) is 86.6 cm³/mol. The van der Waals surface area contributed by atoms with Crippen molar-refractivity contribution < 1.29 is 17.4 Å². The monoisotopic (exact) mass is 364 g/mol. The van der Waals surface area contributed by atoms with E-state index in [4.69, 9.17) is 8.94 Å². The van der Waals surface area contributed by atoms with Crippen LogP contribution in [0.3, 0.4) is 0 Å². The van der Waals surface area contributed by atoms with Crippen molar-refractivity contribution in [1.82, 2.24) is 19.4 Å². The second-order valence-electron chi connectivity index (χ2n) is 5.94. The molecule has 9 nitrogen and oxygen atoms in total. The molecule has 25 heavy (non-hydrogen) atoms. The Bertz CT molecular complexity index is 1090. The lowest BCUT2D eigenvalue weighted by atomic mass is 10.3. The molecule has 1 N–H and O–H groups in total. The van der Waals surface area contributed by atoms with Crippen molar-refractivity contribution in [3.8, 4) is 0 Å². The molecule has 1 aromatic carbocycles. The molecule has 0 bridgehead atoms. The van der Waals surface area contributed by atoms with E-state index < -0.39 is 15.8 Å². The van der Waals surface area contributed by atoms with E-state index in [0.717, 1.165) is 12.8 Å². The fraction of sp³-hybridized carbons (Fsp3) is 0.400. The second-order valence-corrected chi connectivity index (χ2v) is 7.65. The van der Waals surface area contributed by atoms with E-state index in [1.54, 1.807) is 6.07 Å². The van der Waals surface area contributed by atoms with Gasteiger partial charge >= 0.3 is 5.76 Å². The zero-order valence-electron chi connectivity index (χ0n) is 13.4. The number of benzene rings is 1. The summed E-state index contributed by atoms with van der Waals surface area (Å²) in [6.45, 7) is 1.97. The average Bonchev–Trinajstić information content (AvgIpc) is 3.16. The van der Waals surface area contributed by atoms with Gasteiger partial charge in [0.1, 0.15) is 0 Å². The number of rotatable bonds is 6. The molecule has 0 aliphatic heterocycles. The molecule has 0 amide bonds. The van der Waals surface area contributed by atoms with Gasteiger partial charge < -0.3 is 8.94 Å². The molecule has 1 fully saturated rings. The summed E-state index contributed by atoms with van der Waals surface area (Å²) < 4.78 is 38.7. The molecule has 0 unspecified atom stereocenters. The van der Waals surface area contributed by atoms with Crippen LogP contribution in [-0.4, -0.2) is 29.2 Å². The van der Waals surface area contributed by atoms with Crippen LogP contribution in [0.5, 0.6) is 0 Å². The molecule has 1 aliphatic rings.